The van der Waals surface area contributed by atoms with Crippen LogP contribution in [0.15, 0.2) is 58.9 Å². The molecule has 0 aliphatic rings. The van der Waals surface area contributed by atoms with E-state index in [-0.39, 0.29) is 16.6 Å². The van der Waals surface area contributed by atoms with Gasteiger partial charge < -0.3 is 8.92 Å². The van der Waals surface area contributed by atoms with E-state index in [9.17, 15) is 12.8 Å². The number of hydrogen-bond donors (Lipinski definition) is 0. The number of aromatic nitrogens is 1. The van der Waals surface area contributed by atoms with Gasteiger partial charge in [0.25, 0.3) is 0 Å². The molecule has 3 rings (SSSR count). The van der Waals surface area contributed by atoms with E-state index in [0.29, 0.717) is 16.3 Å². The number of nitrogens with zero attached hydrogens (tertiary/aromatic N) is 1. The van der Waals surface area contributed by atoms with Crippen LogP contribution in [0, 0.1) is 5.82 Å². The van der Waals surface area contributed by atoms with E-state index in [4.69, 9.17) is 8.92 Å². The van der Waals surface area contributed by atoms with E-state index in [1.54, 1.807) is 12.1 Å². The molecule has 0 spiro atoms. The van der Waals surface area contributed by atoms with Crippen molar-refractivity contribution in [3.63, 3.8) is 0 Å². The number of allylic oxidation sites excluding steroid dienone is 1. The number of methoxy groups -OCH3 is 1. The quantitative estimate of drug-likeness (QED) is 0.553. The van der Waals surface area contributed by atoms with Gasteiger partial charge in [-0.15, -0.1) is 11.3 Å². The maximum atomic E-state index is 13.0. The van der Waals surface area contributed by atoms with Crippen LogP contribution in [0.25, 0.3) is 16.6 Å². The van der Waals surface area contributed by atoms with Crippen molar-refractivity contribution in [2.45, 2.75) is 11.9 Å². The zero-order valence-corrected chi connectivity index (χ0v) is 16.2. The molecule has 0 unspecified atom stereocenters. The highest BCUT2D eigenvalue weighted by Crippen LogP contribution is 2.32. The molecule has 1 aromatic heterocycles. The summed E-state index contributed by atoms with van der Waals surface area (Å²) < 4.78 is 48.6. The number of halogens is 1. The van der Waals surface area contributed by atoms with Crippen LogP contribution >= 0.6 is 11.3 Å². The summed E-state index contributed by atoms with van der Waals surface area (Å²) in [6, 6.07) is 10.6. The summed E-state index contributed by atoms with van der Waals surface area (Å²) in [5.74, 6) is -0.00908. The van der Waals surface area contributed by atoms with Crippen LogP contribution in [0.4, 0.5) is 4.39 Å². The molecule has 0 N–H and O–H groups in total. The SMILES string of the molecule is C/C=C\c1ccc(OS(=O)(=O)c2csc(-c3ccc(F)cc3)n2)c(OC)c1. The highest BCUT2D eigenvalue weighted by atomic mass is 32.2. The third-order valence-electron chi connectivity index (χ3n) is 3.58. The van der Waals surface area contributed by atoms with Crippen LogP contribution < -0.4 is 8.92 Å². The predicted molar refractivity (Wildman–Crippen MR) is 103 cm³/mol. The fourth-order valence-electron chi connectivity index (χ4n) is 2.31. The van der Waals surface area contributed by atoms with Crippen molar-refractivity contribution in [3.05, 3.63) is 65.3 Å². The second-order valence-corrected chi connectivity index (χ2v) is 7.80. The van der Waals surface area contributed by atoms with Crippen LogP contribution in [-0.4, -0.2) is 20.5 Å². The van der Waals surface area contributed by atoms with Crippen LogP contribution in [0.1, 0.15) is 12.5 Å². The van der Waals surface area contributed by atoms with E-state index < -0.39 is 10.1 Å². The topological polar surface area (TPSA) is 65.5 Å². The smallest absolute Gasteiger partial charge is 0.357 e. The van der Waals surface area contributed by atoms with E-state index in [2.05, 4.69) is 4.98 Å². The minimum atomic E-state index is -4.14. The van der Waals surface area contributed by atoms with Crippen molar-refractivity contribution < 1.29 is 21.7 Å². The highest BCUT2D eigenvalue weighted by molar-refractivity contribution is 7.87. The van der Waals surface area contributed by atoms with Crippen molar-refractivity contribution in [2.24, 2.45) is 0 Å². The molecule has 8 heteroatoms. The fraction of sp³-hybridized carbons (Fsp3) is 0.105. The van der Waals surface area contributed by atoms with E-state index in [1.807, 2.05) is 19.1 Å². The van der Waals surface area contributed by atoms with E-state index in [0.717, 1.165) is 16.9 Å². The van der Waals surface area contributed by atoms with Gasteiger partial charge in [-0.25, -0.2) is 9.37 Å². The van der Waals surface area contributed by atoms with Crippen LogP contribution in [-0.2, 0) is 10.1 Å². The molecule has 0 aliphatic heterocycles. The summed E-state index contributed by atoms with van der Waals surface area (Å²) in [7, 11) is -2.70. The van der Waals surface area contributed by atoms with Gasteiger partial charge in [0.05, 0.1) is 7.11 Å². The van der Waals surface area contributed by atoms with Crippen molar-refractivity contribution in [1.29, 1.82) is 0 Å². The normalized spacial score (nSPS) is 11.7. The van der Waals surface area contributed by atoms with E-state index in [1.165, 1.54) is 42.8 Å². The summed E-state index contributed by atoms with van der Waals surface area (Å²) in [6.45, 7) is 1.88. The first-order valence-electron chi connectivity index (χ1n) is 7.89. The molecule has 0 aliphatic carbocycles. The van der Waals surface area contributed by atoms with Crippen molar-refractivity contribution in [1.82, 2.24) is 4.98 Å². The second kappa shape index (κ2) is 7.89. The van der Waals surface area contributed by atoms with Crippen LogP contribution in [0.5, 0.6) is 11.5 Å². The molecule has 0 radical (unpaired) electrons. The molecule has 0 saturated carbocycles. The Hall–Kier alpha value is -2.71. The Labute approximate surface area is 160 Å². The third-order valence-corrected chi connectivity index (χ3v) is 5.74. The summed E-state index contributed by atoms with van der Waals surface area (Å²) in [6.07, 6.45) is 3.72. The molecule has 0 saturated heterocycles. The predicted octanol–water partition coefficient (Wildman–Crippen LogP) is 4.76. The number of benzene rings is 2. The Morgan fingerprint density at radius 1 is 1.11 bits per heavy atom. The Morgan fingerprint density at radius 3 is 2.52 bits per heavy atom. The lowest BCUT2D eigenvalue weighted by Gasteiger charge is -2.10. The van der Waals surface area contributed by atoms with Gasteiger partial charge in [0.15, 0.2) is 11.5 Å². The molecule has 0 amide bonds. The zero-order chi connectivity index (χ0) is 19.4. The van der Waals surface area contributed by atoms with Crippen molar-refractivity contribution >= 4 is 27.5 Å². The van der Waals surface area contributed by atoms with Crippen LogP contribution in [0.3, 0.4) is 0 Å². The number of thiazole rings is 1. The molecule has 140 valence electrons. The Balaban J connectivity index is 1.88. The Kier molecular flexibility index (Phi) is 5.57. The van der Waals surface area contributed by atoms with Crippen molar-refractivity contribution in [2.75, 3.05) is 7.11 Å². The first-order valence-corrected chi connectivity index (χ1v) is 10.2. The highest BCUT2D eigenvalue weighted by Gasteiger charge is 2.23. The average molecular weight is 405 g/mol. The Morgan fingerprint density at radius 2 is 1.85 bits per heavy atom. The molecular formula is C19H16FNO4S2. The van der Waals surface area contributed by atoms with Gasteiger partial charge >= 0.3 is 10.1 Å². The largest absolute Gasteiger partial charge is 0.493 e. The first-order chi connectivity index (χ1) is 12.9. The molecule has 3 aromatic rings. The van der Waals surface area contributed by atoms with Gasteiger partial charge in [-0.3, -0.25) is 0 Å². The fourth-order valence-corrected chi connectivity index (χ4v) is 4.33. The lowest BCUT2D eigenvalue weighted by atomic mass is 10.2. The molecule has 0 fully saturated rings. The lowest BCUT2D eigenvalue weighted by Crippen LogP contribution is -2.11. The summed E-state index contributed by atoms with van der Waals surface area (Å²) in [5.41, 5.74) is 1.47. The number of rotatable bonds is 6. The van der Waals surface area contributed by atoms with E-state index >= 15 is 0 Å². The summed E-state index contributed by atoms with van der Waals surface area (Å²) in [4.78, 5) is 4.11. The third kappa shape index (κ3) is 4.35. The minimum absolute atomic E-state index is 0.0714. The molecule has 2 aromatic carbocycles. The standard InChI is InChI=1S/C19H16FNO4S2/c1-3-4-13-5-10-16(17(11-13)24-2)25-27(22,23)18-12-26-19(21-18)14-6-8-15(20)9-7-14/h3-12H,1-2H3/b4-3-. The van der Waals surface area contributed by atoms with Gasteiger partial charge in [-0.05, 0) is 48.9 Å². The molecular weight excluding hydrogens is 389 g/mol. The number of ether oxygens (including phenoxy) is 1. The Bertz CT molecular complexity index is 1070. The van der Waals surface area contributed by atoms with Crippen LogP contribution in [0.2, 0.25) is 0 Å². The first kappa shape index (κ1) is 19.1. The summed E-state index contributed by atoms with van der Waals surface area (Å²) >= 11 is 1.13. The molecule has 0 bridgehead atoms. The maximum absolute atomic E-state index is 13.0. The zero-order valence-electron chi connectivity index (χ0n) is 14.5. The molecule has 1 heterocycles. The van der Waals surface area contributed by atoms with Gasteiger partial charge in [-0.1, -0.05) is 18.2 Å². The van der Waals surface area contributed by atoms with Gasteiger partial charge in [-0.2, -0.15) is 8.42 Å². The van der Waals surface area contributed by atoms with Crippen molar-refractivity contribution in [3.8, 4) is 22.1 Å². The van der Waals surface area contributed by atoms with Gasteiger partial charge in [0.1, 0.15) is 10.8 Å². The average Bonchev–Trinajstić information content (AvgIpc) is 3.15. The van der Waals surface area contributed by atoms with Gasteiger partial charge in [0.2, 0.25) is 5.03 Å². The maximum Gasteiger partial charge on any atom is 0.357 e. The molecule has 27 heavy (non-hydrogen) atoms. The minimum Gasteiger partial charge on any atom is -0.493 e. The van der Waals surface area contributed by atoms with Gasteiger partial charge in [0, 0.05) is 10.9 Å². The lowest BCUT2D eigenvalue weighted by molar-refractivity contribution is 0.390. The molecule has 0 atom stereocenters. The monoisotopic (exact) mass is 405 g/mol. The summed E-state index contributed by atoms with van der Waals surface area (Å²) in [5, 5.41) is 1.62. The number of hydrogen-bond acceptors (Lipinski definition) is 6. The molecule has 5 nitrogen and oxygen atoms in total. The second-order valence-electron chi connectivity index (χ2n) is 5.45.